The van der Waals surface area contributed by atoms with E-state index in [1.807, 2.05) is 12.1 Å². The number of ether oxygens (including phenoxy) is 1. The molecule has 0 saturated carbocycles. The summed E-state index contributed by atoms with van der Waals surface area (Å²) in [6.45, 7) is 0. The van der Waals surface area contributed by atoms with Gasteiger partial charge in [-0.15, -0.1) is 0 Å². The van der Waals surface area contributed by atoms with E-state index in [1.165, 1.54) is 5.56 Å². The van der Waals surface area contributed by atoms with Crippen molar-refractivity contribution in [1.82, 2.24) is 0 Å². The molecule has 1 nitrogen and oxygen atoms in total. The molecule has 0 amide bonds. The molecule has 1 aromatic rings. The van der Waals surface area contributed by atoms with Crippen LogP contribution in [0.2, 0.25) is 0 Å². The molecule has 12 heavy (non-hydrogen) atoms. The van der Waals surface area contributed by atoms with E-state index < -0.39 is 0 Å². The molecule has 1 aliphatic rings. The molecular formula is C11H14O. The fourth-order valence-electron chi connectivity index (χ4n) is 1.77. The zero-order valence-electron chi connectivity index (χ0n) is 8.34. The van der Waals surface area contributed by atoms with Crippen molar-refractivity contribution in [1.29, 1.82) is 0 Å². The standard InChI is InChI=1S/C11H14O/c1-12-11-8-4-6-9-5-2-3-7-10(9)11/h4,6,8H,2-3,5,7H2,1H3/i5D. The minimum Gasteiger partial charge on any atom is -0.496 e. The third kappa shape index (κ3) is 1.20. The largest absolute Gasteiger partial charge is 0.496 e. The van der Waals surface area contributed by atoms with Gasteiger partial charge in [-0.05, 0) is 42.9 Å². The lowest BCUT2D eigenvalue weighted by molar-refractivity contribution is 0.406. The Morgan fingerprint density at radius 3 is 3.17 bits per heavy atom. The van der Waals surface area contributed by atoms with Crippen molar-refractivity contribution in [2.24, 2.45) is 0 Å². The predicted octanol–water partition coefficient (Wildman–Crippen LogP) is 2.57. The molecule has 2 rings (SSSR count). The number of methoxy groups -OCH3 is 1. The minimum absolute atomic E-state index is 0.0427. The van der Waals surface area contributed by atoms with Gasteiger partial charge in [0.25, 0.3) is 0 Å². The minimum atomic E-state index is -0.0427. The van der Waals surface area contributed by atoms with Crippen LogP contribution >= 0.6 is 0 Å². The molecule has 0 saturated heterocycles. The number of hydrogen-bond acceptors (Lipinski definition) is 1. The zero-order valence-corrected chi connectivity index (χ0v) is 7.34. The molecule has 64 valence electrons. The third-order valence-electron chi connectivity index (χ3n) is 2.38. The highest BCUT2D eigenvalue weighted by Crippen LogP contribution is 2.28. The van der Waals surface area contributed by atoms with Crippen LogP contribution in [0.4, 0.5) is 0 Å². The molecule has 1 unspecified atom stereocenters. The molecule has 0 radical (unpaired) electrons. The molecule has 0 heterocycles. The van der Waals surface area contributed by atoms with Gasteiger partial charge in [0.15, 0.2) is 0 Å². The van der Waals surface area contributed by atoms with Crippen LogP contribution in [0.1, 0.15) is 25.3 Å². The molecule has 0 aromatic heterocycles. The van der Waals surface area contributed by atoms with Crippen molar-refractivity contribution >= 4 is 0 Å². The highest BCUT2D eigenvalue weighted by molar-refractivity contribution is 5.41. The Balaban J connectivity index is 2.48. The fourth-order valence-corrected chi connectivity index (χ4v) is 1.77. The van der Waals surface area contributed by atoms with Gasteiger partial charge < -0.3 is 4.74 Å². The van der Waals surface area contributed by atoms with E-state index in [0.29, 0.717) is 0 Å². The Morgan fingerprint density at radius 1 is 1.42 bits per heavy atom. The van der Waals surface area contributed by atoms with Gasteiger partial charge in [0.05, 0.1) is 7.11 Å². The van der Waals surface area contributed by atoms with E-state index in [2.05, 4.69) is 6.07 Å². The SMILES string of the molecule is [2H]C1CCCc2c(OC)cccc21. The van der Waals surface area contributed by atoms with Crippen molar-refractivity contribution in [2.75, 3.05) is 7.11 Å². The van der Waals surface area contributed by atoms with E-state index in [9.17, 15) is 0 Å². The van der Waals surface area contributed by atoms with E-state index in [4.69, 9.17) is 6.11 Å². The van der Waals surface area contributed by atoms with Crippen molar-refractivity contribution in [3.63, 3.8) is 0 Å². The second kappa shape index (κ2) is 3.18. The van der Waals surface area contributed by atoms with Crippen LogP contribution in [0.15, 0.2) is 18.2 Å². The number of fused-ring (bicyclic) bond motifs is 1. The molecule has 1 aromatic carbocycles. The van der Waals surface area contributed by atoms with Crippen molar-refractivity contribution in [3.05, 3.63) is 29.3 Å². The maximum atomic E-state index is 7.87. The van der Waals surface area contributed by atoms with Crippen molar-refractivity contribution in [2.45, 2.75) is 25.7 Å². The van der Waals surface area contributed by atoms with Gasteiger partial charge >= 0.3 is 0 Å². The van der Waals surface area contributed by atoms with E-state index in [0.717, 1.165) is 30.6 Å². The number of rotatable bonds is 1. The maximum Gasteiger partial charge on any atom is 0.122 e. The summed E-state index contributed by atoms with van der Waals surface area (Å²) < 4.78 is 13.1. The normalized spacial score (nSPS) is 22.8. The smallest absolute Gasteiger partial charge is 0.122 e. The molecule has 1 heteroatoms. The van der Waals surface area contributed by atoms with Gasteiger partial charge in [-0.1, -0.05) is 12.1 Å². The van der Waals surface area contributed by atoms with Crippen LogP contribution in [0.25, 0.3) is 0 Å². The summed E-state index contributed by atoms with van der Waals surface area (Å²) in [4.78, 5) is 0. The molecule has 0 bridgehead atoms. The Morgan fingerprint density at radius 2 is 2.33 bits per heavy atom. The second-order valence-corrected chi connectivity index (χ2v) is 3.12. The Hall–Kier alpha value is -0.980. The average molecular weight is 163 g/mol. The summed E-state index contributed by atoms with van der Waals surface area (Å²) in [6, 6.07) is 6.01. The first-order valence-electron chi connectivity index (χ1n) is 4.98. The quantitative estimate of drug-likeness (QED) is 0.618. The lowest BCUT2D eigenvalue weighted by atomic mass is 9.91. The van der Waals surface area contributed by atoms with Crippen LogP contribution in [0.3, 0.4) is 0 Å². The lowest BCUT2D eigenvalue weighted by Gasteiger charge is -2.17. The summed E-state index contributed by atoms with van der Waals surface area (Å²) in [7, 11) is 1.70. The summed E-state index contributed by atoms with van der Waals surface area (Å²) in [5.74, 6) is 0.953. The summed E-state index contributed by atoms with van der Waals surface area (Å²) in [5, 5.41) is 0. The molecule has 1 atom stereocenters. The van der Waals surface area contributed by atoms with Gasteiger partial charge in [-0.25, -0.2) is 0 Å². The summed E-state index contributed by atoms with van der Waals surface area (Å²) >= 11 is 0. The van der Waals surface area contributed by atoms with Crippen LogP contribution in [-0.2, 0) is 12.8 Å². The fraction of sp³-hybridized carbons (Fsp3) is 0.455. The second-order valence-electron chi connectivity index (χ2n) is 3.12. The Bertz CT molecular complexity index is 309. The van der Waals surface area contributed by atoms with Gasteiger partial charge in [-0.3, -0.25) is 0 Å². The Kier molecular flexibility index (Phi) is 1.73. The van der Waals surface area contributed by atoms with E-state index in [-0.39, 0.29) is 6.40 Å². The molecule has 0 fully saturated rings. The van der Waals surface area contributed by atoms with Crippen LogP contribution in [-0.4, -0.2) is 7.11 Å². The van der Waals surface area contributed by atoms with Crippen LogP contribution in [0.5, 0.6) is 5.75 Å². The number of aryl methyl sites for hydroxylation is 1. The topological polar surface area (TPSA) is 9.23 Å². The number of hydrogen-bond donors (Lipinski definition) is 0. The number of benzene rings is 1. The lowest BCUT2D eigenvalue weighted by Crippen LogP contribution is -2.04. The predicted molar refractivity (Wildman–Crippen MR) is 49.6 cm³/mol. The van der Waals surface area contributed by atoms with Gasteiger partial charge in [0.1, 0.15) is 5.75 Å². The first-order chi connectivity index (χ1) is 6.33. The van der Waals surface area contributed by atoms with Crippen LogP contribution in [0, 0.1) is 0 Å². The third-order valence-corrected chi connectivity index (χ3v) is 2.38. The van der Waals surface area contributed by atoms with Gasteiger partial charge in [-0.2, -0.15) is 0 Å². The highest BCUT2D eigenvalue weighted by Gasteiger charge is 2.12. The highest BCUT2D eigenvalue weighted by atomic mass is 16.5. The first kappa shape index (κ1) is 6.53. The molecular weight excluding hydrogens is 148 g/mol. The average Bonchev–Trinajstić information content (AvgIpc) is 2.18. The summed E-state index contributed by atoms with van der Waals surface area (Å²) in [5.41, 5.74) is 2.40. The molecule has 0 spiro atoms. The van der Waals surface area contributed by atoms with E-state index >= 15 is 0 Å². The van der Waals surface area contributed by atoms with Gasteiger partial charge in [0, 0.05) is 1.37 Å². The Labute approximate surface area is 74.8 Å². The van der Waals surface area contributed by atoms with E-state index in [1.54, 1.807) is 7.11 Å². The van der Waals surface area contributed by atoms with Crippen molar-refractivity contribution < 1.29 is 6.11 Å². The summed E-state index contributed by atoms with van der Waals surface area (Å²) in [6.07, 6.45) is 3.12. The van der Waals surface area contributed by atoms with Gasteiger partial charge in [0.2, 0.25) is 0 Å². The molecule has 1 aliphatic carbocycles. The van der Waals surface area contributed by atoms with Crippen LogP contribution < -0.4 is 4.74 Å². The molecule has 0 N–H and O–H groups in total. The van der Waals surface area contributed by atoms with Crippen molar-refractivity contribution in [3.8, 4) is 5.75 Å². The monoisotopic (exact) mass is 163 g/mol. The first-order valence-corrected chi connectivity index (χ1v) is 4.41. The maximum absolute atomic E-state index is 7.87. The molecule has 0 aliphatic heterocycles. The zero-order chi connectivity index (χ0) is 9.26.